The van der Waals surface area contributed by atoms with Crippen LogP contribution in [0.25, 0.3) is 0 Å². The molecule has 0 unspecified atom stereocenters. The summed E-state index contributed by atoms with van der Waals surface area (Å²) in [4.78, 5) is 24.7. The van der Waals surface area contributed by atoms with Crippen molar-refractivity contribution in [3.8, 4) is 0 Å². The molecular weight excluding hydrogens is 422 g/mol. The molecule has 3 rings (SSSR count). The first-order chi connectivity index (χ1) is 14.5. The van der Waals surface area contributed by atoms with Gasteiger partial charge in [0.2, 0.25) is 5.91 Å². The number of aromatic nitrogens is 3. The zero-order chi connectivity index (χ0) is 21.5. The van der Waals surface area contributed by atoms with Crippen molar-refractivity contribution in [3.05, 3.63) is 71.0 Å². The molecule has 0 saturated heterocycles. The monoisotopic (exact) mass is 443 g/mol. The van der Waals surface area contributed by atoms with E-state index in [2.05, 4.69) is 20.8 Å². The summed E-state index contributed by atoms with van der Waals surface area (Å²) in [7, 11) is 0. The number of halogens is 1. The molecule has 0 aliphatic carbocycles. The van der Waals surface area contributed by atoms with Crippen LogP contribution in [0, 0.1) is 0 Å². The van der Waals surface area contributed by atoms with Gasteiger partial charge in [-0.05, 0) is 38.1 Å². The molecule has 0 spiro atoms. The fourth-order valence-corrected chi connectivity index (χ4v) is 3.83. The molecule has 1 aromatic heterocycles. The lowest BCUT2D eigenvalue weighted by Crippen LogP contribution is -2.28. The molecule has 9 heteroatoms. The molecule has 2 amide bonds. The standard InChI is InChI=1S/C21H22ClN5O2S/c1-3-27-19(14(2)23-20(29)15-9-5-4-6-10-15)25-26-21(27)30-13-18(28)24-17-12-8-7-11-16(17)22/h4-12,14H,3,13H2,1-2H3,(H,23,29)(H,24,28)/t14-/m0/s1. The fraction of sp³-hybridized carbons (Fsp3) is 0.238. The maximum Gasteiger partial charge on any atom is 0.251 e. The van der Waals surface area contributed by atoms with Gasteiger partial charge in [0.05, 0.1) is 22.5 Å². The highest BCUT2D eigenvalue weighted by Crippen LogP contribution is 2.23. The van der Waals surface area contributed by atoms with Crippen molar-refractivity contribution in [3.63, 3.8) is 0 Å². The Morgan fingerprint density at radius 1 is 1.10 bits per heavy atom. The minimum Gasteiger partial charge on any atom is -0.342 e. The molecule has 1 heterocycles. The number of hydrogen-bond donors (Lipinski definition) is 2. The number of amides is 2. The molecule has 2 aromatic carbocycles. The second-order valence-electron chi connectivity index (χ2n) is 6.46. The number of hydrogen-bond acceptors (Lipinski definition) is 5. The number of carbonyl (C=O) groups is 2. The lowest BCUT2D eigenvalue weighted by Gasteiger charge is -2.15. The molecule has 1 atom stereocenters. The van der Waals surface area contributed by atoms with E-state index in [-0.39, 0.29) is 23.6 Å². The van der Waals surface area contributed by atoms with Crippen molar-refractivity contribution >= 4 is 40.9 Å². The van der Waals surface area contributed by atoms with Gasteiger partial charge in [-0.15, -0.1) is 10.2 Å². The Hall–Kier alpha value is -2.84. The molecule has 3 aromatic rings. The molecule has 0 saturated carbocycles. The Morgan fingerprint density at radius 3 is 2.50 bits per heavy atom. The third-order valence-electron chi connectivity index (χ3n) is 4.31. The predicted octanol–water partition coefficient (Wildman–Crippen LogP) is 4.17. The van der Waals surface area contributed by atoms with Crippen LogP contribution in [0.1, 0.15) is 36.1 Å². The summed E-state index contributed by atoms with van der Waals surface area (Å²) >= 11 is 7.35. The van der Waals surface area contributed by atoms with E-state index in [0.29, 0.717) is 33.8 Å². The highest BCUT2D eigenvalue weighted by atomic mass is 35.5. The number of thioether (sulfide) groups is 1. The maximum absolute atomic E-state index is 12.4. The van der Waals surface area contributed by atoms with E-state index in [0.717, 1.165) is 0 Å². The third kappa shape index (κ3) is 5.40. The first-order valence-corrected chi connectivity index (χ1v) is 10.8. The van der Waals surface area contributed by atoms with Gasteiger partial charge in [0, 0.05) is 12.1 Å². The van der Waals surface area contributed by atoms with Gasteiger partial charge < -0.3 is 15.2 Å². The van der Waals surface area contributed by atoms with Crippen LogP contribution in [0.4, 0.5) is 5.69 Å². The summed E-state index contributed by atoms with van der Waals surface area (Å²) in [6.07, 6.45) is 0. The molecule has 0 fully saturated rings. The number of carbonyl (C=O) groups excluding carboxylic acids is 2. The minimum atomic E-state index is -0.337. The quantitative estimate of drug-likeness (QED) is 0.510. The topological polar surface area (TPSA) is 88.9 Å². The van der Waals surface area contributed by atoms with Gasteiger partial charge in [0.1, 0.15) is 0 Å². The number of rotatable bonds is 8. The van der Waals surface area contributed by atoms with Gasteiger partial charge in [-0.3, -0.25) is 9.59 Å². The van der Waals surface area contributed by atoms with Crippen LogP contribution in [-0.2, 0) is 11.3 Å². The Kier molecular flexibility index (Phi) is 7.48. The van der Waals surface area contributed by atoms with Crippen molar-refractivity contribution in [2.75, 3.05) is 11.1 Å². The fourth-order valence-electron chi connectivity index (χ4n) is 2.84. The highest BCUT2D eigenvalue weighted by Gasteiger charge is 2.20. The van der Waals surface area contributed by atoms with Crippen LogP contribution in [0.2, 0.25) is 5.02 Å². The Morgan fingerprint density at radius 2 is 1.80 bits per heavy atom. The predicted molar refractivity (Wildman–Crippen MR) is 119 cm³/mol. The van der Waals surface area contributed by atoms with Crippen molar-refractivity contribution in [1.29, 1.82) is 0 Å². The molecule has 0 radical (unpaired) electrons. The van der Waals surface area contributed by atoms with Gasteiger partial charge in [0.25, 0.3) is 5.91 Å². The van der Waals surface area contributed by atoms with E-state index < -0.39 is 0 Å². The molecule has 30 heavy (non-hydrogen) atoms. The average molecular weight is 444 g/mol. The van der Waals surface area contributed by atoms with Crippen LogP contribution in [0.3, 0.4) is 0 Å². The summed E-state index contributed by atoms with van der Waals surface area (Å²) in [6.45, 7) is 4.43. The van der Waals surface area contributed by atoms with E-state index in [4.69, 9.17) is 11.6 Å². The van der Waals surface area contributed by atoms with Crippen molar-refractivity contribution in [2.45, 2.75) is 31.6 Å². The largest absolute Gasteiger partial charge is 0.342 e. The Bertz CT molecular complexity index is 1030. The first-order valence-electron chi connectivity index (χ1n) is 9.45. The lowest BCUT2D eigenvalue weighted by molar-refractivity contribution is -0.113. The summed E-state index contributed by atoms with van der Waals surface area (Å²) in [5, 5.41) is 15.3. The van der Waals surface area contributed by atoms with Crippen molar-refractivity contribution in [2.24, 2.45) is 0 Å². The molecular formula is C21H22ClN5O2S. The second-order valence-corrected chi connectivity index (χ2v) is 7.81. The molecule has 7 nitrogen and oxygen atoms in total. The van der Waals surface area contributed by atoms with Gasteiger partial charge in [-0.1, -0.05) is 53.7 Å². The van der Waals surface area contributed by atoms with Crippen molar-refractivity contribution in [1.82, 2.24) is 20.1 Å². The zero-order valence-electron chi connectivity index (χ0n) is 16.6. The molecule has 156 valence electrons. The Balaban J connectivity index is 1.63. The van der Waals surface area contributed by atoms with Crippen LogP contribution in [0.5, 0.6) is 0 Å². The highest BCUT2D eigenvalue weighted by molar-refractivity contribution is 7.99. The van der Waals surface area contributed by atoms with Gasteiger partial charge >= 0.3 is 0 Å². The smallest absolute Gasteiger partial charge is 0.251 e. The Labute approximate surface area is 184 Å². The number of para-hydroxylation sites is 1. The lowest BCUT2D eigenvalue weighted by atomic mass is 10.2. The van der Waals surface area contributed by atoms with Gasteiger partial charge in [-0.2, -0.15) is 0 Å². The van der Waals surface area contributed by atoms with E-state index >= 15 is 0 Å². The summed E-state index contributed by atoms with van der Waals surface area (Å²) < 4.78 is 1.89. The van der Waals surface area contributed by atoms with Crippen LogP contribution >= 0.6 is 23.4 Å². The maximum atomic E-state index is 12.4. The van der Waals surface area contributed by atoms with Gasteiger partial charge in [-0.25, -0.2) is 0 Å². The average Bonchev–Trinajstić information content (AvgIpc) is 3.17. The van der Waals surface area contributed by atoms with Gasteiger partial charge in [0.15, 0.2) is 11.0 Å². The van der Waals surface area contributed by atoms with Crippen LogP contribution in [-0.4, -0.2) is 32.3 Å². The van der Waals surface area contributed by atoms with Crippen LogP contribution in [0.15, 0.2) is 59.8 Å². The molecule has 0 bridgehead atoms. The number of nitrogens with one attached hydrogen (secondary N) is 2. The van der Waals surface area contributed by atoms with E-state index in [1.54, 1.807) is 36.4 Å². The van der Waals surface area contributed by atoms with E-state index in [1.807, 2.05) is 36.6 Å². The molecule has 0 aliphatic rings. The second kappa shape index (κ2) is 10.3. The number of nitrogens with zero attached hydrogens (tertiary/aromatic N) is 3. The first kappa shape index (κ1) is 21.9. The molecule has 0 aliphatic heterocycles. The normalized spacial score (nSPS) is 11.7. The minimum absolute atomic E-state index is 0.161. The zero-order valence-corrected chi connectivity index (χ0v) is 18.2. The number of benzene rings is 2. The van der Waals surface area contributed by atoms with E-state index in [1.165, 1.54) is 11.8 Å². The third-order valence-corrected chi connectivity index (χ3v) is 5.61. The summed E-state index contributed by atoms with van der Waals surface area (Å²) in [5.41, 5.74) is 1.15. The molecule has 2 N–H and O–H groups in total. The van der Waals surface area contributed by atoms with Crippen LogP contribution < -0.4 is 10.6 Å². The SMILES string of the molecule is CCn1c(SCC(=O)Nc2ccccc2Cl)nnc1[C@H](C)NC(=O)c1ccccc1. The van der Waals surface area contributed by atoms with E-state index in [9.17, 15) is 9.59 Å². The summed E-state index contributed by atoms with van der Waals surface area (Å²) in [6, 6.07) is 15.7. The number of anilines is 1. The summed E-state index contributed by atoms with van der Waals surface area (Å²) in [5.74, 6) is 0.428. The van der Waals surface area contributed by atoms with Crippen molar-refractivity contribution < 1.29 is 9.59 Å².